The third kappa shape index (κ3) is 4.51. The van der Waals surface area contributed by atoms with Gasteiger partial charge in [-0.15, -0.1) is 0 Å². The minimum atomic E-state index is -0.0752. The smallest absolute Gasteiger partial charge is 0.137 e. The first-order valence-electron chi connectivity index (χ1n) is 8.58. The molecular formula is C21H23NOS. The molecule has 0 radical (unpaired) electrons. The van der Waals surface area contributed by atoms with Gasteiger partial charge in [-0.25, -0.2) is 0 Å². The van der Waals surface area contributed by atoms with Crippen molar-refractivity contribution in [2.75, 3.05) is 0 Å². The van der Waals surface area contributed by atoms with Crippen LogP contribution in [0.3, 0.4) is 0 Å². The summed E-state index contributed by atoms with van der Waals surface area (Å²) in [6.07, 6.45) is 3.99. The van der Waals surface area contributed by atoms with Gasteiger partial charge < -0.3 is 5.32 Å². The molecule has 3 rings (SSSR count). The van der Waals surface area contributed by atoms with E-state index in [1.807, 2.05) is 18.2 Å². The van der Waals surface area contributed by atoms with Crippen molar-refractivity contribution in [1.82, 2.24) is 5.32 Å². The Morgan fingerprint density at radius 1 is 1.08 bits per heavy atom. The third-order valence-electron chi connectivity index (χ3n) is 4.51. The Balaban J connectivity index is 1.66. The number of carbonyl (C=O) groups excluding carboxylic acids is 1. The standard InChI is InChI=1S/C21H23NOS/c1-15(23)20(13-14-21(24)22-19-11-12-19)18-9-7-17(8-10-18)16-5-3-2-4-6-16/h2-10,19-20H,11-14H2,1H3,(H,22,24). The molecule has 0 aliphatic heterocycles. The van der Waals surface area contributed by atoms with Crippen LogP contribution in [0.1, 0.15) is 44.1 Å². The molecule has 0 spiro atoms. The molecule has 1 unspecified atom stereocenters. The number of hydrogen-bond acceptors (Lipinski definition) is 2. The van der Waals surface area contributed by atoms with Gasteiger partial charge in [0.25, 0.3) is 0 Å². The van der Waals surface area contributed by atoms with Gasteiger partial charge in [0.2, 0.25) is 0 Å². The Kier molecular flexibility index (Phi) is 5.41. The number of Topliss-reactive ketones (excluding diaryl/α,β-unsaturated/α-hetero) is 1. The predicted octanol–water partition coefficient (Wildman–Crippen LogP) is 4.89. The molecule has 124 valence electrons. The van der Waals surface area contributed by atoms with Crippen molar-refractivity contribution in [3.8, 4) is 11.1 Å². The zero-order chi connectivity index (χ0) is 16.9. The number of hydrogen-bond donors (Lipinski definition) is 1. The molecule has 1 atom stereocenters. The van der Waals surface area contributed by atoms with Gasteiger partial charge >= 0.3 is 0 Å². The molecule has 1 aliphatic carbocycles. The Labute approximate surface area is 149 Å². The van der Waals surface area contributed by atoms with Crippen LogP contribution in [0.4, 0.5) is 0 Å². The van der Waals surface area contributed by atoms with Crippen LogP contribution < -0.4 is 5.32 Å². The average molecular weight is 337 g/mol. The van der Waals surface area contributed by atoms with Crippen LogP contribution in [0.5, 0.6) is 0 Å². The zero-order valence-corrected chi connectivity index (χ0v) is 14.8. The van der Waals surface area contributed by atoms with E-state index in [1.165, 1.54) is 24.0 Å². The number of ketones is 1. The van der Waals surface area contributed by atoms with Crippen LogP contribution in [0, 0.1) is 0 Å². The van der Waals surface area contributed by atoms with E-state index in [2.05, 4.69) is 41.7 Å². The van der Waals surface area contributed by atoms with Crippen molar-refractivity contribution in [2.45, 2.75) is 44.6 Å². The monoisotopic (exact) mass is 337 g/mol. The maximum Gasteiger partial charge on any atom is 0.137 e. The SMILES string of the molecule is CC(=O)C(CCC(=S)NC1CC1)c1ccc(-c2ccccc2)cc1. The topological polar surface area (TPSA) is 29.1 Å². The van der Waals surface area contributed by atoms with Crippen LogP contribution >= 0.6 is 12.2 Å². The summed E-state index contributed by atoms with van der Waals surface area (Å²) >= 11 is 5.39. The van der Waals surface area contributed by atoms with Gasteiger partial charge in [-0.2, -0.15) is 0 Å². The van der Waals surface area contributed by atoms with Crippen LogP contribution in [0.2, 0.25) is 0 Å². The summed E-state index contributed by atoms with van der Waals surface area (Å²) in [5.74, 6) is 0.130. The van der Waals surface area contributed by atoms with Gasteiger partial charge in [0.05, 0.1) is 4.99 Å². The molecule has 24 heavy (non-hydrogen) atoms. The first-order valence-corrected chi connectivity index (χ1v) is 8.99. The van der Waals surface area contributed by atoms with E-state index in [4.69, 9.17) is 12.2 Å². The fourth-order valence-corrected chi connectivity index (χ4v) is 3.23. The molecule has 0 amide bonds. The van der Waals surface area contributed by atoms with Gasteiger partial charge in [0.15, 0.2) is 0 Å². The molecule has 2 aromatic carbocycles. The highest BCUT2D eigenvalue weighted by atomic mass is 32.1. The minimum Gasteiger partial charge on any atom is -0.377 e. The molecule has 0 bridgehead atoms. The Hall–Kier alpha value is -2.00. The first-order chi connectivity index (χ1) is 11.6. The molecule has 1 fully saturated rings. The van der Waals surface area contributed by atoms with Crippen LogP contribution in [-0.4, -0.2) is 16.8 Å². The fraction of sp³-hybridized carbons (Fsp3) is 0.333. The Bertz CT molecular complexity index is 704. The van der Waals surface area contributed by atoms with Crippen molar-refractivity contribution in [2.24, 2.45) is 0 Å². The van der Waals surface area contributed by atoms with Crippen LogP contribution in [0.25, 0.3) is 11.1 Å². The quantitative estimate of drug-likeness (QED) is 0.730. The lowest BCUT2D eigenvalue weighted by Crippen LogP contribution is -2.24. The van der Waals surface area contributed by atoms with Gasteiger partial charge in [-0.05, 0) is 49.3 Å². The molecule has 1 N–H and O–H groups in total. The fourth-order valence-electron chi connectivity index (χ4n) is 2.95. The molecule has 3 heteroatoms. The summed E-state index contributed by atoms with van der Waals surface area (Å²) in [4.78, 5) is 13.0. The molecule has 2 nitrogen and oxygen atoms in total. The second kappa shape index (κ2) is 7.71. The maximum absolute atomic E-state index is 12.1. The lowest BCUT2D eigenvalue weighted by molar-refractivity contribution is -0.118. The highest BCUT2D eigenvalue weighted by Gasteiger charge is 2.23. The maximum atomic E-state index is 12.1. The zero-order valence-electron chi connectivity index (χ0n) is 14.0. The highest BCUT2D eigenvalue weighted by molar-refractivity contribution is 7.80. The lowest BCUT2D eigenvalue weighted by Gasteiger charge is -2.16. The third-order valence-corrected chi connectivity index (χ3v) is 4.84. The Morgan fingerprint density at radius 2 is 1.71 bits per heavy atom. The highest BCUT2D eigenvalue weighted by Crippen LogP contribution is 2.27. The summed E-state index contributed by atoms with van der Waals surface area (Å²) in [5.41, 5.74) is 3.45. The number of nitrogens with one attached hydrogen (secondary N) is 1. The van der Waals surface area contributed by atoms with Gasteiger partial charge in [-0.3, -0.25) is 4.79 Å². The molecular weight excluding hydrogens is 314 g/mol. The second-order valence-corrected chi connectivity index (χ2v) is 7.02. The predicted molar refractivity (Wildman–Crippen MR) is 103 cm³/mol. The molecule has 0 aromatic heterocycles. The van der Waals surface area contributed by atoms with Gasteiger partial charge in [-0.1, -0.05) is 66.8 Å². The van der Waals surface area contributed by atoms with E-state index in [0.29, 0.717) is 6.04 Å². The normalized spacial score (nSPS) is 14.9. The first kappa shape index (κ1) is 16.8. The second-order valence-electron chi connectivity index (χ2n) is 6.53. The van der Waals surface area contributed by atoms with E-state index in [0.717, 1.165) is 23.4 Å². The van der Waals surface area contributed by atoms with Crippen molar-refractivity contribution in [3.63, 3.8) is 0 Å². The largest absolute Gasteiger partial charge is 0.377 e. The van der Waals surface area contributed by atoms with Crippen molar-refractivity contribution >= 4 is 23.0 Å². The van der Waals surface area contributed by atoms with Crippen LogP contribution in [-0.2, 0) is 4.79 Å². The van der Waals surface area contributed by atoms with Crippen molar-refractivity contribution in [3.05, 3.63) is 60.2 Å². The summed E-state index contributed by atoms with van der Waals surface area (Å²) < 4.78 is 0. The number of benzene rings is 2. The number of carbonyl (C=O) groups is 1. The van der Waals surface area contributed by atoms with E-state index in [-0.39, 0.29) is 11.7 Å². The van der Waals surface area contributed by atoms with Crippen LogP contribution in [0.15, 0.2) is 54.6 Å². The van der Waals surface area contributed by atoms with E-state index < -0.39 is 0 Å². The lowest BCUT2D eigenvalue weighted by atomic mass is 9.89. The average Bonchev–Trinajstić information content (AvgIpc) is 3.40. The van der Waals surface area contributed by atoms with Gasteiger partial charge in [0, 0.05) is 12.0 Å². The number of thiocarbonyl (C=S) groups is 1. The minimum absolute atomic E-state index is 0.0752. The van der Waals surface area contributed by atoms with Crippen molar-refractivity contribution < 1.29 is 4.79 Å². The molecule has 0 heterocycles. The summed E-state index contributed by atoms with van der Waals surface area (Å²) in [7, 11) is 0. The summed E-state index contributed by atoms with van der Waals surface area (Å²) in [6, 6.07) is 19.2. The Morgan fingerprint density at radius 3 is 2.29 bits per heavy atom. The van der Waals surface area contributed by atoms with E-state index in [9.17, 15) is 4.79 Å². The van der Waals surface area contributed by atoms with E-state index in [1.54, 1.807) is 6.92 Å². The number of rotatable bonds is 7. The summed E-state index contributed by atoms with van der Waals surface area (Å²) in [5, 5.41) is 3.35. The van der Waals surface area contributed by atoms with Crippen molar-refractivity contribution in [1.29, 1.82) is 0 Å². The van der Waals surface area contributed by atoms with Gasteiger partial charge in [0.1, 0.15) is 5.78 Å². The molecule has 1 aliphatic rings. The molecule has 1 saturated carbocycles. The molecule has 0 saturated heterocycles. The molecule has 2 aromatic rings. The summed E-state index contributed by atoms with van der Waals surface area (Å²) in [6.45, 7) is 1.67. The van der Waals surface area contributed by atoms with E-state index >= 15 is 0 Å².